The number of hydrogen-bond donors (Lipinski definition) is 1. The predicted octanol–water partition coefficient (Wildman–Crippen LogP) is 12.5. The maximum Gasteiger partial charge on any atom is 0.306 e. The smallest absolute Gasteiger partial charge is 0.306 e. The number of carbonyl (C=O) groups is 4. The maximum absolute atomic E-state index is 13.5. The molecule has 0 radical (unpaired) electrons. The van der Waals surface area contributed by atoms with Gasteiger partial charge in [0.1, 0.15) is 11.0 Å². The number of methoxy groups -OCH3 is 2. The van der Waals surface area contributed by atoms with Crippen LogP contribution in [-0.2, 0) is 58.1 Å². The van der Waals surface area contributed by atoms with E-state index in [4.69, 9.17) is 21.1 Å². The highest BCUT2D eigenvalue weighted by molar-refractivity contribution is 6.67. The van der Waals surface area contributed by atoms with Crippen molar-refractivity contribution in [2.24, 2.45) is 0 Å². The van der Waals surface area contributed by atoms with Crippen LogP contribution in [0.25, 0.3) is 43.6 Å². The van der Waals surface area contributed by atoms with Crippen molar-refractivity contribution in [3.05, 3.63) is 212 Å². The van der Waals surface area contributed by atoms with Crippen LogP contribution in [0.4, 0.5) is 0 Å². The minimum atomic E-state index is -0.411. The van der Waals surface area contributed by atoms with Crippen molar-refractivity contribution < 1.29 is 28.7 Å². The van der Waals surface area contributed by atoms with Gasteiger partial charge in [0.15, 0.2) is 0 Å². The number of carbonyl (C=O) groups excluding carboxylic acids is 4. The van der Waals surface area contributed by atoms with E-state index in [9.17, 15) is 19.2 Å². The van der Waals surface area contributed by atoms with Gasteiger partial charge in [0.05, 0.1) is 38.1 Å². The van der Waals surface area contributed by atoms with Crippen LogP contribution < -0.4 is 5.32 Å². The van der Waals surface area contributed by atoms with Crippen molar-refractivity contribution in [1.82, 2.24) is 40.2 Å². The standard InChI is InChI=1S/C33H32N4O3.C22H26N4O2.C11H7ClO.ClH/c1-4-37-30-14-13-28(21(2)32(30)34-35-37)29(19-31(38)40-3)25-11-9-23-15-16-36(20-27(23)18-25)33(39)26-12-10-22-7-5-6-8-24(22)17-26;1-4-26-20-8-7-18(14(2)22(20)24-25-26)19(12-21(27)28-3)16-6-5-15-9-10-23-13-17(15)11-16;12-11(13)10-6-5-8-3-1-2-4-9(8)7-10;/h5-14,17-18,29H,4,15-16,19-20H2,1-3H3;5-8,11,19,23H,4,9-10,12-13H2,1-3H3;1-7H;1H. The summed E-state index contributed by atoms with van der Waals surface area (Å²) in [4.78, 5) is 51.1. The van der Waals surface area contributed by atoms with Gasteiger partial charge in [0.2, 0.25) is 0 Å². The zero-order valence-electron chi connectivity index (χ0n) is 46.9. The van der Waals surface area contributed by atoms with Crippen LogP contribution in [0.3, 0.4) is 0 Å². The second kappa shape index (κ2) is 26.1. The summed E-state index contributed by atoms with van der Waals surface area (Å²) in [5.41, 5.74) is 16.4. The van der Waals surface area contributed by atoms with Gasteiger partial charge in [0.25, 0.3) is 11.1 Å². The second-order valence-corrected chi connectivity index (χ2v) is 21.0. The average molecular weight is 1140 g/mol. The van der Waals surface area contributed by atoms with Crippen LogP contribution in [-0.4, -0.2) is 85.3 Å². The summed E-state index contributed by atoms with van der Waals surface area (Å²) in [6.07, 6.45) is 2.35. The second-order valence-electron chi connectivity index (χ2n) is 20.6. The van der Waals surface area contributed by atoms with Crippen molar-refractivity contribution in [2.75, 3.05) is 27.3 Å². The molecule has 2 aliphatic rings. The Labute approximate surface area is 488 Å². The number of esters is 2. The molecule has 0 fully saturated rings. The van der Waals surface area contributed by atoms with Gasteiger partial charge in [-0.2, -0.15) is 0 Å². The topological polar surface area (TPSA) is 163 Å². The highest BCUT2D eigenvalue weighted by atomic mass is 35.5. The fourth-order valence-corrected chi connectivity index (χ4v) is 11.5. The first-order valence-corrected chi connectivity index (χ1v) is 27.9. The van der Waals surface area contributed by atoms with E-state index in [-0.39, 0.29) is 48.5 Å². The van der Waals surface area contributed by atoms with E-state index in [0.29, 0.717) is 30.6 Å². The first kappa shape index (κ1) is 58.4. The third-order valence-corrected chi connectivity index (χ3v) is 16.2. The zero-order valence-corrected chi connectivity index (χ0v) is 48.5. The Morgan fingerprint density at radius 2 is 1.06 bits per heavy atom. The minimum absolute atomic E-state index is 0. The molecule has 420 valence electrons. The molecule has 16 heteroatoms. The van der Waals surface area contributed by atoms with Crippen molar-refractivity contribution in [3.8, 4) is 0 Å². The molecule has 2 aromatic heterocycles. The first-order chi connectivity index (χ1) is 39.3. The van der Waals surface area contributed by atoms with Crippen molar-refractivity contribution in [3.63, 3.8) is 0 Å². The molecule has 0 saturated carbocycles. The number of fused-ring (bicyclic) bond motifs is 6. The summed E-state index contributed by atoms with van der Waals surface area (Å²) in [5, 5.41) is 24.7. The maximum atomic E-state index is 13.5. The lowest BCUT2D eigenvalue weighted by Gasteiger charge is -2.30. The molecule has 0 spiro atoms. The van der Waals surface area contributed by atoms with Crippen LogP contribution in [0, 0.1) is 13.8 Å². The monoisotopic (exact) mass is 1140 g/mol. The Bertz CT molecular complexity index is 4010. The van der Waals surface area contributed by atoms with Gasteiger partial charge >= 0.3 is 11.9 Å². The molecule has 0 aliphatic carbocycles. The Balaban J connectivity index is 0.000000166. The number of ether oxygens (including phenoxy) is 2. The van der Waals surface area contributed by atoms with Crippen LogP contribution >= 0.6 is 24.0 Å². The molecule has 0 bridgehead atoms. The SMILES string of the molecule is CCn1nnc2c(C)c(C(CC(=O)OC)c3ccc4c(c3)CN(C(=O)c3ccc5ccccc5c3)CC4)ccc21.CCn1nnc2c(C)c(C(CC(=O)OC)c3ccc4c(c3)CNCC4)ccc21.Cl.O=C(Cl)c1ccc2ccccc2c1. The van der Waals surface area contributed by atoms with Crippen molar-refractivity contribution >= 4 is 90.7 Å². The highest BCUT2D eigenvalue weighted by Crippen LogP contribution is 2.37. The van der Waals surface area contributed by atoms with Crippen molar-refractivity contribution in [2.45, 2.75) is 91.4 Å². The lowest BCUT2D eigenvalue weighted by atomic mass is 9.83. The fraction of sp³-hybridized carbons (Fsp3) is 0.273. The van der Waals surface area contributed by atoms with Crippen LogP contribution in [0.5, 0.6) is 0 Å². The number of hydrogen-bond acceptors (Lipinski definition) is 11. The summed E-state index contributed by atoms with van der Waals surface area (Å²) in [5.74, 6) is -0.727. The Morgan fingerprint density at radius 3 is 1.57 bits per heavy atom. The molecule has 0 saturated heterocycles. The molecule has 10 aromatic rings. The normalized spacial score (nSPS) is 13.4. The van der Waals surface area contributed by atoms with E-state index in [2.05, 4.69) is 100 Å². The van der Waals surface area contributed by atoms with Gasteiger partial charge in [-0.3, -0.25) is 19.2 Å². The molecule has 12 rings (SSSR count). The molecule has 14 nitrogen and oxygen atoms in total. The average Bonchev–Trinajstić information content (AvgIpc) is 4.20. The van der Waals surface area contributed by atoms with E-state index >= 15 is 0 Å². The summed E-state index contributed by atoms with van der Waals surface area (Å²) >= 11 is 5.36. The Morgan fingerprint density at radius 1 is 0.573 bits per heavy atom. The minimum Gasteiger partial charge on any atom is -0.469 e. The molecular formula is C66H66Cl2N8O6. The third-order valence-electron chi connectivity index (χ3n) is 15.9. The van der Waals surface area contributed by atoms with Gasteiger partial charge in [-0.25, -0.2) is 9.36 Å². The zero-order chi connectivity index (χ0) is 56.7. The quantitative estimate of drug-likeness (QED) is 0.0915. The molecule has 1 N–H and O–H groups in total. The summed E-state index contributed by atoms with van der Waals surface area (Å²) in [6, 6.07) is 48.6. The fourth-order valence-electron chi connectivity index (χ4n) is 11.4. The van der Waals surface area contributed by atoms with Gasteiger partial charge in [-0.1, -0.05) is 120 Å². The molecule has 1 amide bonds. The lowest BCUT2D eigenvalue weighted by Crippen LogP contribution is -2.36. The lowest BCUT2D eigenvalue weighted by molar-refractivity contribution is -0.141. The number of nitrogens with one attached hydrogen (secondary N) is 1. The van der Waals surface area contributed by atoms with Gasteiger partial charge in [-0.15, -0.1) is 22.6 Å². The highest BCUT2D eigenvalue weighted by Gasteiger charge is 2.28. The largest absolute Gasteiger partial charge is 0.469 e. The number of halogens is 2. The van der Waals surface area contributed by atoms with Gasteiger partial charge < -0.3 is 19.7 Å². The van der Waals surface area contributed by atoms with Crippen LogP contribution in [0.15, 0.2) is 146 Å². The number of nitrogens with zero attached hydrogens (tertiary/aromatic N) is 7. The molecule has 2 unspecified atom stereocenters. The van der Waals surface area contributed by atoms with Gasteiger partial charge in [0, 0.05) is 55.7 Å². The Hall–Kier alpha value is -8.30. The predicted molar refractivity (Wildman–Crippen MR) is 325 cm³/mol. The molecular weight excluding hydrogens is 1070 g/mol. The molecule has 2 atom stereocenters. The van der Waals surface area contributed by atoms with Crippen molar-refractivity contribution in [1.29, 1.82) is 0 Å². The third kappa shape index (κ3) is 12.4. The van der Waals surface area contributed by atoms with E-state index in [1.807, 2.05) is 101 Å². The number of rotatable bonds is 12. The molecule has 82 heavy (non-hydrogen) atoms. The summed E-state index contributed by atoms with van der Waals surface area (Å²) < 4.78 is 13.9. The van der Waals surface area contributed by atoms with Crippen LogP contribution in [0.2, 0.25) is 0 Å². The number of amides is 1. The molecule has 4 heterocycles. The van der Waals surface area contributed by atoms with Gasteiger partial charge in [-0.05, 0) is 172 Å². The number of benzene rings is 8. The van der Waals surface area contributed by atoms with E-state index < -0.39 is 5.24 Å². The number of aryl methyl sites for hydroxylation is 4. The van der Waals surface area contributed by atoms with Crippen LogP contribution in [0.1, 0.15) is 115 Å². The first-order valence-electron chi connectivity index (χ1n) is 27.6. The van der Waals surface area contributed by atoms with E-state index in [0.717, 1.165) is 122 Å². The Kier molecular flexibility index (Phi) is 18.6. The molecule has 8 aromatic carbocycles. The summed E-state index contributed by atoms with van der Waals surface area (Å²) in [7, 11) is 2.87. The summed E-state index contributed by atoms with van der Waals surface area (Å²) in [6.45, 7) is 12.8. The van der Waals surface area contributed by atoms with E-state index in [1.54, 1.807) is 12.1 Å². The van der Waals surface area contributed by atoms with E-state index in [1.165, 1.54) is 30.9 Å². The molecule has 2 aliphatic heterocycles. The number of aromatic nitrogens is 6.